The van der Waals surface area contributed by atoms with Crippen LogP contribution in [0.1, 0.15) is 65.2 Å². The first-order chi connectivity index (χ1) is 11.9. The van der Waals surface area contributed by atoms with Crippen LogP contribution in [0.15, 0.2) is 22.8 Å². The summed E-state index contributed by atoms with van der Waals surface area (Å²) in [5.74, 6) is 1.28. The molecule has 4 atom stereocenters. The van der Waals surface area contributed by atoms with Gasteiger partial charge in [-0.25, -0.2) is 0 Å². The van der Waals surface area contributed by atoms with Crippen LogP contribution in [-0.4, -0.2) is 30.1 Å². The van der Waals surface area contributed by atoms with Crippen LogP contribution in [0.3, 0.4) is 0 Å². The maximum atomic E-state index is 12.5. The lowest BCUT2D eigenvalue weighted by molar-refractivity contribution is -0.142. The van der Waals surface area contributed by atoms with Crippen molar-refractivity contribution in [2.75, 3.05) is 0 Å². The monoisotopic (exact) mass is 342 g/mol. The summed E-state index contributed by atoms with van der Waals surface area (Å²) in [4.78, 5) is 24.2. The van der Waals surface area contributed by atoms with Crippen molar-refractivity contribution in [1.29, 1.82) is 0 Å². The largest absolute Gasteiger partial charge is 0.382 e. The minimum atomic E-state index is -1.16. The van der Waals surface area contributed by atoms with E-state index in [-0.39, 0.29) is 17.5 Å². The average molecular weight is 342 g/mol. The first-order valence-corrected chi connectivity index (χ1v) is 10.1. The molecule has 1 fully saturated rings. The van der Waals surface area contributed by atoms with Gasteiger partial charge in [-0.05, 0) is 86.2 Å². The van der Waals surface area contributed by atoms with Crippen LogP contribution in [0.4, 0.5) is 0 Å². The third kappa shape index (κ3) is 3.42. The molecule has 0 aliphatic heterocycles. The van der Waals surface area contributed by atoms with Gasteiger partial charge in [-0.15, -0.1) is 0 Å². The number of aliphatic hydroxyl groups is 1. The van der Waals surface area contributed by atoms with E-state index in [1.54, 1.807) is 0 Å². The molecule has 3 aliphatic carbocycles. The Bertz CT molecular complexity index is 633. The second-order valence-corrected chi connectivity index (χ2v) is 8.44. The van der Waals surface area contributed by atoms with Gasteiger partial charge in [0.1, 0.15) is 13.4 Å². The van der Waals surface area contributed by atoms with Crippen LogP contribution in [0.2, 0.25) is 6.32 Å². The highest BCUT2D eigenvalue weighted by molar-refractivity contribution is 6.21. The number of hydrogen-bond donors (Lipinski definition) is 1. The zero-order valence-corrected chi connectivity index (χ0v) is 15.9. The number of hydrogen-bond acceptors (Lipinski definition) is 3. The maximum Gasteiger partial charge on any atom is 0.156 e. The molecule has 0 amide bonds. The summed E-state index contributed by atoms with van der Waals surface area (Å²) < 4.78 is 0. The summed E-state index contributed by atoms with van der Waals surface area (Å²) in [5.41, 5.74) is 3.06. The quantitative estimate of drug-likeness (QED) is 0.784. The summed E-state index contributed by atoms with van der Waals surface area (Å²) >= 11 is 0. The lowest BCUT2D eigenvalue weighted by Crippen LogP contribution is -2.44. The molecule has 1 N–H and O–H groups in total. The van der Waals surface area contributed by atoms with E-state index >= 15 is 0 Å². The molecule has 0 aromatic carbocycles. The van der Waals surface area contributed by atoms with Gasteiger partial charge in [0, 0.05) is 6.42 Å². The molecule has 1 saturated carbocycles. The van der Waals surface area contributed by atoms with E-state index in [0.29, 0.717) is 31.0 Å². The Balaban J connectivity index is 1.95. The molecule has 4 heteroatoms. The van der Waals surface area contributed by atoms with Gasteiger partial charge in [0.2, 0.25) is 0 Å². The number of carbonyl (C=O) groups excluding carboxylic acids is 2. The molecule has 136 valence electrons. The van der Waals surface area contributed by atoms with Crippen molar-refractivity contribution in [1.82, 2.24) is 0 Å². The predicted molar refractivity (Wildman–Crippen MR) is 102 cm³/mol. The smallest absolute Gasteiger partial charge is 0.156 e. The van der Waals surface area contributed by atoms with Crippen LogP contribution in [0, 0.1) is 17.8 Å². The summed E-state index contributed by atoms with van der Waals surface area (Å²) in [6.07, 6.45) is 9.20. The number of rotatable bonds is 2. The van der Waals surface area contributed by atoms with Crippen molar-refractivity contribution in [2.45, 2.75) is 77.1 Å². The van der Waals surface area contributed by atoms with Gasteiger partial charge in [-0.3, -0.25) is 9.59 Å². The number of ketones is 2. The van der Waals surface area contributed by atoms with Crippen molar-refractivity contribution in [3.8, 4) is 0 Å². The fourth-order valence-corrected chi connectivity index (χ4v) is 5.25. The van der Waals surface area contributed by atoms with Crippen molar-refractivity contribution in [3.63, 3.8) is 0 Å². The zero-order valence-electron chi connectivity index (χ0n) is 15.9. The minimum Gasteiger partial charge on any atom is -0.382 e. The Hall–Kier alpha value is -1.16. The highest BCUT2D eigenvalue weighted by Crippen LogP contribution is 2.47. The number of fused-ring (bicyclic) bond motifs is 2. The summed E-state index contributed by atoms with van der Waals surface area (Å²) in [6, 6.07) is 0. The van der Waals surface area contributed by atoms with Gasteiger partial charge in [0.25, 0.3) is 0 Å². The van der Waals surface area contributed by atoms with Gasteiger partial charge < -0.3 is 5.11 Å². The van der Waals surface area contributed by atoms with Gasteiger partial charge in [-0.1, -0.05) is 19.4 Å². The molecular formula is C21H31BO3. The Morgan fingerprint density at radius 3 is 2.68 bits per heavy atom. The van der Waals surface area contributed by atoms with E-state index in [2.05, 4.69) is 6.92 Å². The fourth-order valence-electron chi connectivity index (χ4n) is 5.25. The average Bonchev–Trinajstić information content (AvgIpc) is 2.65. The van der Waals surface area contributed by atoms with Crippen LogP contribution in [-0.2, 0) is 9.59 Å². The van der Waals surface area contributed by atoms with E-state index in [4.69, 9.17) is 0 Å². The van der Waals surface area contributed by atoms with Crippen molar-refractivity contribution in [3.05, 3.63) is 22.8 Å². The summed E-state index contributed by atoms with van der Waals surface area (Å²) in [6.45, 7) is 4.31. The maximum absolute atomic E-state index is 12.5. The molecule has 3 rings (SSSR count). The third-order valence-electron chi connectivity index (χ3n) is 7.04. The highest BCUT2D eigenvalue weighted by Gasteiger charge is 2.42. The number of allylic oxidation sites excluding steroid dienone is 4. The summed E-state index contributed by atoms with van der Waals surface area (Å²) in [7, 11) is 1.85. The molecule has 0 spiro atoms. The molecule has 0 aromatic heterocycles. The van der Waals surface area contributed by atoms with Gasteiger partial charge >= 0.3 is 0 Å². The van der Waals surface area contributed by atoms with E-state index in [0.717, 1.165) is 38.5 Å². The van der Waals surface area contributed by atoms with Crippen molar-refractivity contribution >= 4 is 19.4 Å². The first-order valence-electron chi connectivity index (χ1n) is 10.1. The zero-order chi connectivity index (χ0) is 18.2. The van der Waals surface area contributed by atoms with Crippen LogP contribution in [0.5, 0.6) is 0 Å². The molecular weight excluding hydrogens is 311 g/mol. The molecule has 3 aliphatic rings. The Labute approximate surface area is 152 Å². The molecule has 0 radical (unpaired) electrons. The SMILES string of the molecule is BCC(=O)[C@@]1(O)CCC(C)C2CCC3=CC(=O)CCC3=C2CC[C@@H]1C. The van der Waals surface area contributed by atoms with Crippen molar-refractivity contribution < 1.29 is 14.7 Å². The first kappa shape index (κ1) is 18.6. The number of Topliss-reactive ketones (excluding diaryl/α,β-unsaturated/α-hetero) is 1. The molecule has 25 heavy (non-hydrogen) atoms. The Morgan fingerprint density at radius 1 is 1.20 bits per heavy atom. The second-order valence-electron chi connectivity index (χ2n) is 8.44. The molecule has 0 bridgehead atoms. The fraction of sp³-hybridized carbons (Fsp3) is 0.714. The molecule has 2 unspecified atom stereocenters. The number of carbonyl (C=O) groups is 2. The summed E-state index contributed by atoms with van der Waals surface area (Å²) in [5, 5.41) is 11.1. The molecule has 0 heterocycles. The molecule has 3 nitrogen and oxygen atoms in total. The van der Waals surface area contributed by atoms with E-state index in [1.165, 1.54) is 16.7 Å². The predicted octanol–water partition coefficient (Wildman–Crippen LogP) is 3.18. The van der Waals surface area contributed by atoms with Crippen LogP contribution in [0.25, 0.3) is 0 Å². The van der Waals surface area contributed by atoms with E-state index in [1.807, 2.05) is 20.8 Å². The molecule has 0 aromatic rings. The topological polar surface area (TPSA) is 54.4 Å². The standard InChI is InChI=1S/C21H31BO3/c1-13-9-10-21(25,20(24)12-22)14(2)3-6-19-17(13)7-4-15-11-16(23)5-8-18(15)19/h11,13-14,17,25H,3-10,12,22H2,1-2H3/t13?,14-,17?,21+/m0/s1. The highest BCUT2D eigenvalue weighted by atomic mass is 16.3. The second kappa shape index (κ2) is 7.22. The van der Waals surface area contributed by atoms with E-state index in [9.17, 15) is 14.7 Å². The Morgan fingerprint density at radius 2 is 1.96 bits per heavy atom. The lowest BCUT2D eigenvalue weighted by Gasteiger charge is -2.35. The van der Waals surface area contributed by atoms with Gasteiger partial charge in [-0.2, -0.15) is 0 Å². The van der Waals surface area contributed by atoms with Crippen molar-refractivity contribution in [2.24, 2.45) is 17.8 Å². The molecule has 0 saturated heterocycles. The van der Waals surface area contributed by atoms with Gasteiger partial charge in [0.05, 0.1) is 0 Å². The van der Waals surface area contributed by atoms with Crippen LogP contribution < -0.4 is 0 Å². The van der Waals surface area contributed by atoms with Crippen LogP contribution >= 0.6 is 0 Å². The normalized spacial score (nSPS) is 36.5. The van der Waals surface area contributed by atoms with E-state index < -0.39 is 5.60 Å². The Kier molecular flexibility index (Phi) is 5.38. The third-order valence-corrected chi connectivity index (χ3v) is 7.04. The minimum absolute atomic E-state index is 0.00132. The lowest BCUT2D eigenvalue weighted by atomic mass is 9.69. The van der Waals surface area contributed by atoms with Gasteiger partial charge in [0.15, 0.2) is 11.6 Å².